The first-order valence-corrected chi connectivity index (χ1v) is 13.2. The van der Waals surface area contributed by atoms with Crippen molar-refractivity contribution < 1.29 is 22.8 Å². The van der Waals surface area contributed by atoms with E-state index in [9.17, 15) is 27.6 Å². The first kappa shape index (κ1) is 23.6. The second kappa shape index (κ2) is 7.66. The Balaban J connectivity index is 1.43. The fraction of sp³-hybridized carbons (Fsp3) is 0.267. The summed E-state index contributed by atoms with van der Waals surface area (Å²) in [6.07, 6.45) is -3.40. The Kier molecular flexibility index (Phi) is 4.51. The van der Waals surface area contributed by atoms with Crippen molar-refractivity contribution in [1.82, 2.24) is 14.5 Å². The molecule has 2 amide bonds. The van der Waals surface area contributed by atoms with Crippen LogP contribution in [0.1, 0.15) is 29.8 Å². The standard InChI is InChI=1S/C30H21F3N4O3/c31-30(32,33)18-10-3-6-13-21(18)36-26(39)23-22-14-7-15-35(22)29(24(23)27(36)40)17-9-2-5-12-20(17)37-25(38)16-8-1-4-11-19(16)34-28(29)37/h1-6,8-13,22-24H,7,14-15H2/t22-,23+,24-,29+/m1/s1. The summed E-state index contributed by atoms with van der Waals surface area (Å²) >= 11 is 0. The number of anilines is 1. The predicted octanol–water partition coefficient (Wildman–Crippen LogP) is 4.25. The van der Waals surface area contributed by atoms with Crippen LogP contribution in [-0.4, -0.2) is 38.9 Å². The summed E-state index contributed by atoms with van der Waals surface area (Å²) in [5.74, 6) is -2.93. The molecule has 4 atom stereocenters. The number of carbonyl (C=O) groups excluding carboxylic acids is 2. The summed E-state index contributed by atoms with van der Waals surface area (Å²) in [5.41, 5.74) is -1.37. The highest BCUT2D eigenvalue weighted by Gasteiger charge is 2.74. The number of para-hydroxylation sites is 3. The number of carbonyl (C=O) groups is 2. The molecule has 1 spiro atoms. The van der Waals surface area contributed by atoms with Gasteiger partial charge in [0.25, 0.3) is 5.56 Å². The highest BCUT2D eigenvalue weighted by atomic mass is 19.4. The van der Waals surface area contributed by atoms with Gasteiger partial charge in [0.15, 0.2) is 0 Å². The Labute approximate surface area is 225 Å². The van der Waals surface area contributed by atoms with Gasteiger partial charge in [0.05, 0.1) is 39.7 Å². The van der Waals surface area contributed by atoms with Gasteiger partial charge in [-0.1, -0.05) is 42.5 Å². The van der Waals surface area contributed by atoms with Crippen molar-refractivity contribution in [3.8, 4) is 5.69 Å². The number of amides is 2. The highest BCUT2D eigenvalue weighted by molar-refractivity contribution is 6.23. The molecule has 3 aromatic carbocycles. The summed E-state index contributed by atoms with van der Waals surface area (Å²) in [4.78, 5) is 50.2. The third-order valence-electron chi connectivity index (χ3n) is 9.09. The van der Waals surface area contributed by atoms with Crippen molar-refractivity contribution in [3.63, 3.8) is 0 Å². The van der Waals surface area contributed by atoms with Gasteiger partial charge >= 0.3 is 6.18 Å². The van der Waals surface area contributed by atoms with Crippen molar-refractivity contribution in [3.05, 3.63) is 100 Å². The molecular formula is C30H21F3N4O3. The smallest absolute Gasteiger partial charge is 0.283 e. The lowest BCUT2D eigenvalue weighted by Crippen LogP contribution is -2.51. The molecule has 1 aromatic heterocycles. The number of aromatic nitrogens is 2. The third kappa shape index (κ3) is 2.64. The lowest BCUT2D eigenvalue weighted by molar-refractivity contribution is -0.137. The van der Waals surface area contributed by atoms with Crippen LogP contribution in [0.2, 0.25) is 0 Å². The van der Waals surface area contributed by atoms with E-state index in [0.717, 1.165) is 17.4 Å². The van der Waals surface area contributed by atoms with E-state index in [2.05, 4.69) is 4.90 Å². The van der Waals surface area contributed by atoms with E-state index in [1.165, 1.54) is 22.8 Å². The number of rotatable bonds is 1. The zero-order valence-corrected chi connectivity index (χ0v) is 20.9. The lowest BCUT2D eigenvalue weighted by Gasteiger charge is -2.38. The topological polar surface area (TPSA) is 75.5 Å². The van der Waals surface area contributed by atoms with Crippen molar-refractivity contribution >= 4 is 28.4 Å². The molecule has 0 aliphatic carbocycles. The van der Waals surface area contributed by atoms with Crippen molar-refractivity contribution in [1.29, 1.82) is 0 Å². The highest BCUT2D eigenvalue weighted by Crippen LogP contribution is 2.62. The SMILES string of the molecule is O=C1[C@H]2[C@H]3CCCN3[C@@]3(c4ccccc4-n4c3nc3ccccc3c4=O)[C@H]2C(=O)N1c1ccccc1C(F)(F)F. The molecular weight excluding hydrogens is 521 g/mol. The first-order chi connectivity index (χ1) is 19.3. The Morgan fingerprint density at radius 1 is 0.850 bits per heavy atom. The van der Waals surface area contributed by atoms with Crippen molar-refractivity contribution in [2.24, 2.45) is 11.8 Å². The van der Waals surface area contributed by atoms with Gasteiger partial charge in [-0.3, -0.25) is 23.9 Å². The van der Waals surface area contributed by atoms with E-state index < -0.39 is 46.6 Å². The minimum absolute atomic E-state index is 0.292. The van der Waals surface area contributed by atoms with Gasteiger partial charge in [0.1, 0.15) is 11.4 Å². The van der Waals surface area contributed by atoms with E-state index in [1.54, 1.807) is 36.4 Å². The van der Waals surface area contributed by atoms with Gasteiger partial charge in [-0.15, -0.1) is 0 Å². The van der Waals surface area contributed by atoms with Gasteiger partial charge in [-0.25, -0.2) is 9.88 Å². The summed E-state index contributed by atoms with van der Waals surface area (Å²) in [6, 6.07) is 18.5. The average Bonchev–Trinajstić information content (AvgIpc) is 3.66. The molecule has 3 saturated heterocycles. The molecule has 4 aliphatic rings. The zero-order valence-electron chi connectivity index (χ0n) is 20.9. The summed E-state index contributed by atoms with van der Waals surface area (Å²) in [7, 11) is 0. The molecule has 4 aromatic rings. The number of fused-ring (bicyclic) bond motifs is 11. The number of benzene rings is 3. The van der Waals surface area contributed by atoms with Crippen LogP contribution in [0.3, 0.4) is 0 Å². The number of hydrogen-bond donors (Lipinski definition) is 0. The van der Waals surface area contributed by atoms with Crippen LogP contribution in [0.5, 0.6) is 0 Å². The van der Waals surface area contributed by atoms with Crippen LogP contribution in [0.4, 0.5) is 18.9 Å². The molecule has 4 aliphatic heterocycles. The van der Waals surface area contributed by atoms with Crippen molar-refractivity contribution in [2.75, 3.05) is 11.4 Å². The molecule has 40 heavy (non-hydrogen) atoms. The quantitative estimate of drug-likeness (QED) is 0.337. The predicted molar refractivity (Wildman–Crippen MR) is 139 cm³/mol. The molecule has 0 saturated carbocycles. The zero-order chi connectivity index (χ0) is 27.6. The Hall–Kier alpha value is -4.31. The van der Waals surface area contributed by atoms with Crippen LogP contribution in [0.25, 0.3) is 16.6 Å². The van der Waals surface area contributed by atoms with Gasteiger partial charge in [-0.05, 0) is 49.7 Å². The average molecular weight is 543 g/mol. The molecule has 0 N–H and O–H groups in total. The number of hydrogen-bond acceptors (Lipinski definition) is 5. The number of alkyl halides is 3. The fourth-order valence-corrected chi connectivity index (χ4v) is 7.76. The van der Waals surface area contributed by atoms with Gasteiger partial charge < -0.3 is 0 Å². The van der Waals surface area contributed by atoms with E-state index in [0.29, 0.717) is 40.9 Å². The molecule has 3 fully saturated rings. The van der Waals surface area contributed by atoms with Crippen LogP contribution in [0.15, 0.2) is 77.6 Å². The van der Waals surface area contributed by atoms with E-state index in [4.69, 9.17) is 4.98 Å². The third-order valence-corrected chi connectivity index (χ3v) is 9.09. The molecule has 0 unspecified atom stereocenters. The monoisotopic (exact) mass is 542 g/mol. The van der Waals surface area contributed by atoms with Gasteiger partial charge in [0.2, 0.25) is 11.8 Å². The number of halogens is 3. The lowest BCUT2D eigenvalue weighted by atomic mass is 9.75. The van der Waals surface area contributed by atoms with Crippen molar-refractivity contribution in [2.45, 2.75) is 30.6 Å². The molecule has 8 rings (SSSR count). The van der Waals surface area contributed by atoms with E-state index in [1.807, 2.05) is 12.1 Å². The second-order valence-electron chi connectivity index (χ2n) is 10.8. The fourth-order valence-electron chi connectivity index (χ4n) is 7.76. The summed E-state index contributed by atoms with van der Waals surface area (Å²) in [6.45, 7) is 0.564. The molecule has 10 heteroatoms. The summed E-state index contributed by atoms with van der Waals surface area (Å²) < 4.78 is 43.6. The van der Waals surface area contributed by atoms with Crippen LogP contribution < -0.4 is 10.5 Å². The van der Waals surface area contributed by atoms with Crippen LogP contribution in [-0.2, 0) is 21.3 Å². The van der Waals surface area contributed by atoms with Gasteiger partial charge in [0, 0.05) is 11.6 Å². The molecule has 0 radical (unpaired) electrons. The molecule has 5 heterocycles. The maximum absolute atomic E-state index is 14.4. The minimum atomic E-state index is -4.76. The maximum Gasteiger partial charge on any atom is 0.418 e. The van der Waals surface area contributed by atoms with Gasteiger partial charge in [-0.2, -0.15) is 13.2 Å². The Morgan fingerprint density at radius 3 is 2.35 bits per heavy atom. The number of nitrogens with zero attached hydrogens (tertiary/aromatic N) is 4. The van der Waals surface area contributed by atoms with E-state index >= 15 is 0 Å². The van der Waals surface area contributed by atoms with E-state index in [-0.39, 0.29) is 11.6 Å². The summed E-state index contributed by atoms with van der Waals surface area (Å²) in [5, 5.41) is 0.417. The maximum atomic E-state index is 14.4. The van der Waals surface area contributed by atoms with Crippen LogP contribution >= 0.6 is 0 Å². The molecule has 200 valence electrons. The largest absolute Gasteiger partial charge is 0.418 e. The molecule has 7 nitrogen and oxygen atoms in total. The Morgan fingerprint density at radius 2 is 1.55 bits per heavy atom. The normalized spacial score (nSPS) is 27.0. The number of imide groups is 1. The van der Waals surface area contributed by atoms with Crippen LogP contribution in [0, 0.1) is 11.8 Å². The minimum Gasteiger partial charge on any atom is -0.283 e. The molecule has 0 bridgehead atoms. The first-order valence-electron chi connectivity index (χ1n) is 13.2. The Bertz CT molecular complexity index is 1850. The second-order valence-corrected chi connectivity index (χ2v) is 10.8.